The fourth-order valence-corrected chi connectivity index (χ4v) is 6.52. The minimum atomic E-state index is -0.797. The minimum Gasteiger partial charge on any atom is -0.462 e. The predicted molar refractivity (Wildman–Crippen MR) is 251 cm³/mol. The number of hydrogen-bond donors (Lipinski definition) is 0. The van der Waals surface area contributed by atoms with Crippen LogP contribution in [0.15, 0.2) is 72.9 Å². The quantitative estimate of drug-likeness (QED) is 0.0264. The van der Waals surface area contributed by atoms with Crippen LogP contribution in [0.3, 0.4) is 0 Å². The second kappa shape index (κ2) is 47.5. The lowest BCUT2D eigenvalue weighted by atomic mass is 10.0. The number of carbonyl (C=O) groups excluding carboxylic acids is 3. The molecule has 1 unspecified atom stereocenters. The normalized spacial score (nSPS) is 12.7. The van der Waals surface area contributed by atoms with Gasteiger partial charge in [-0.3, -0.25) is 14.4 Å². The van der Waals surface area contributed by atoms with E-state index in [1.54, 1.807) is 0 Å². The molecule has 59 heavy (non-hydrogen) atoms. The summed E-state index contributed by atoms with van der Waals surface area (Å²) in [5, 5.41) is 0. The fraction of sp³-hybridized carbons (Fsp3) is 0.717. The molecule has 1 atom stereocenters. The maximum atomic E-state index is 12.7. The van der Waals surface area contributed by atoms with E-state index < -0.39 is 6.10 Å². The Morgan fingerprint density at radius 2 is 0.695 bits per heavy atom. The van der Waals surface area contributed by atoms with Crippen molar-refractivity contribution in [2.45, 2.75) is 232 Å². The molecule has 0 aromatic heterocycles. The van der Waals surface area contributed by atoms with Gasteiger partial charge in [0.2, 0.25) is 0 Å². The summed E-state index contributed by atoms with van der Waals surface area (Å²) >= 11 is 0. The first kappa shape index (κ1) is 55.9. The van der Waals surface area contributed by atoms with Crippen LogP contribution in [0.4, 0.5) is 0 Å². The number of carbonyl (C=O) groups is 3. The van der Waals surface area contributed by atoms with Gasteiger partial charge in [0.25, 0.3) is 0 Å². The number of rotatable bonds is 43. The van der Waals surface area contributed by atoms with Crippen molar-refractivity contribution in [1.29, 1.82) is 0 Å². The first-order chi connectivity index (χ1) is 29.0. The van der Waals surface area contributed by atoms with Crippen molar-refractivity contribution in [1.82, 2.24) is 0 Å². The van der Waals surface area contributed by atoms with Gasteiger partial charge >= 0.3 is 17.9 Å². The van der Waals surface area contributed by atoms with E-state index in [9.17, 15) is 14.4 Å². The summed E-state index contributed by atoms with van der Waals surface area (Å²) in [5.41, 5.74) is 0. The van der Waals surface area contributed by atoms with E-state index in [0.29, 0.717) is 19.3 Å². The number of hydrogen-bond acceptors (Lipinski definition) is 6. The Balaban J connectivity index is 4.47. The van der Waals surface area contributed by atoms with Gasteiger partial charge in [0.1, 0.15) is 13.2 Å². The van der Waals surface area contributed by atoms with Gasteiger partial charge in [-0.05, 0) is 77.0 Å². The third kappa shape index (κ3) is 45.8. The van der Waals surface area contributed by atoms with Gasteiger partial charge in [-0.2, -0.15) is 0 Å². The largest absolute Gasteiger partial charge is 0.462 e. The van der Waals surface area contributed by atoms with Gasteiger partial charge in [-0.15, -0.1) is 0 Å². The van der Waals surface area contributed by atoms with Crippen molar-refractivity contribution in [3.63, 3.8) is 0 Å². The Hall–Kier alpha value is -3.15. The minimum absolute atomic E-state index is 0.0964. The number of ether oxygens (including phenoxy) is 3. The lowest BCUT2D eigenvalue weighted by molar-refractivity contribution is -0.167. The number of allylic oxidation sites excluding steroid dienone is 12. The van der Waals surface area contributed by atoms with Crippen LogP contribution >= 0.6 is 0 Å². The Morgan fingerprint density at radius 3 is 1.17 bits per heavy atom. The highest BCUT2D eigenvalue weighted by Crippen LogP contribution is 2.14. The van der Waals surface area contributed by atoms with Crippen LogP contribution in [0.2, 0.25) is 0 Å². The maximum Gasteiger partial charge on any atom is 0.306 e. The van der Waals surface area contributed by atoms with Crippen molar-refractivity contribution in [3.8, 4) is 0 Å². The molecule has 0 aliphatic carbocycles. The Kier molecular flexibility index (Phi) is 45.0. The van der Waals surface area contributed by atoms with Crippen molar-refractivity contribution >= 4 is 17.9 Å². The summed E-state index contributed by atoms with van der Waals surface area (Å²) < 4.78 is 16.7. The van der Waals surface area contributed by atoms with Gasteiger partial charge < -0.3 is 14.2 Å². The lowest BCUT2D eigenvalue weighted by Gasteiger charge is -2.18. The molecule has 0 fully saturated rings. The fourth-order valence-electron chi connectivity index (χ4n) is 6.52. The first-order valence-corrected chi connectivity index (χ1v) is 24.4. The summed E-state index contributed by atoms with van der Waals surface area (Å²) in [6.45, 7) is 6.42. The lowest BCUT2D eigenvalue weighted by Crippen LogP contribution is -2.30. The second-order valence-corrected chi connectivity index (χ2v) is 16.0. The van der Waals surface area contributed by atoms with Crippen molar-refractivity contribution in [2.75, 3.05) is 13.2 Å². The molecular formula is C53H90O6. The Labute approximate surface area is 363 Å². The van der Waals surface area contributed by atoms with Gasteiger partial charge in [-0.1, -0.05) is 203 Å². The first-order valence-electron chi connectivity index (χ1n) is 24.4. The van der Waals surface area contributed by atoms with Crippen LogP contribution in [0.25, 0.3) is 0 Å². The monoisotopic (exact) mass is 823 g/mol. The highest BCUT2D eigenvalue weighted by molar-refractivity contribution is 5.71. The molecule has 0 heterocycles. The van der Waals surface area contributed by atoms with Gasteiger partial charge in [-0.25, -0.2) is 0 Å². The average molecular weight is 823 g/mol. The van der Waals surface area contributed by atoms with Crippen LogP contribution in [-0.4, -0.2) is 37.2 Å². The third-order valence-corrected chi connectivity index (χ3v) is 10.2. The summed E-state index contributed by atoms with van der Waals surface area (Å²) in [6, 6.07) is 0. The molecule has 0 N–H and O–H groups in total. The van der Waals surface area contributed by atoms with Crippen LogP contribution in [0.5, 0.6) is 0 Å². The summed E-state index contributed by atoms with van der Waals surface area (Å²) in [6.07, 6.45) is 58.9. The molecule has 6 nitrogen and oxygen atoms in total. The van der Waals surface area contributed by atoms with E-state index in [4.69, 9.17) is 14.2 Å². The zero-order valence-electron chi connectivity index (χ0n) is 38.5. The van der Waals surface area contributed by atoms with E-state index in [-0.39, 0.29) is 37.5 Å². The molecule has 0 spiro atoms. The highest BCUT2D eigenvalue weighted by Gasteiger charge is 2.19. The highest BCUT2D eigenvalue weighted by atomic mass is 16.6. The van der Waals surface area contributed by atoms with Crippen LogP contribution in [-0.2, 0) is 28.6 Å². The average Bonchev–Trinajstić information content (AvgIpc) is 3.23. The molecule has 0 saturated heterocycles. The van der Waals surface area contributed by atoms with Crippen LogP contribution < -0.4 is 0 Å². The zero-order chi connectivity index (χ0) is 43.0. The SMILES string of the molecule is CC/C=C\C/C=C\C/C=C\C/C=C\C/C=C\CCCC(=O)OCC(COC(=O)CCCCCCC/C=C\CCCC)OC(=O)CCCCCCCCCCCCCCC. The standard InChI is InChI=1S/C53H90O6/c1-4-7-10-13-16-19-22-24-25-26-27-29-31-34-37-40-43-46-52(55)58-49-50(48-57-51(54)45-42-39-36-33-30-21-18-15-12-9-6-3)59-53(56)47-44-41-38-35-32-28-23-20-17-14-11-8-5-2/h7,10,15-16,18-19,24-25,27,29,34,37,50H,4-6,8-9,11-14,17,20-23,26,28,30-33,35-36,38-49H2,1-3H3/b10-7-,18-15-,19-16-,25-24-,29-27-,37-34-. The molecule has 0 rings (SSSR count). The zero-order valence-corrected chi connectivity index (χ0v) is 38.5. The van der Waals surface area contributed by atoms with Gasteiger partial charge in [0.05, 0.1) is 0 Å². The van der Waals surface area contributed by atoms with Crippen LogP contribution in [0, 0.1) is 0 Å². The molecule has 0 amide bonds. The molecule has 0 bridgehead atoms. The van der Waals surface area contributed by atoms with Crippen molar-refractivity contribution in [3.05, 3.63) is 72.9 Å². The topological polar surface area (TPSA) is 78.9 Å². The van der Waals surface area contributed by atoms with Crippen LogP contribution in [0.1, 0.15) is 226 Å². The van der Waals surface area contributed by atoms with Crippen molar-refractivity contribution in [2.24, 2.45) is 0 Å². The number of esters is 3. The molecule has 338 valence electrons. The van der Waals surface area contributed by atoms with E-state index in [1.807, 2.05) is 0 Å². The molecule has 0 aromatic carbocycles. The molecule has 0 saturated carbocycles. The number of unbranched alkanes of at least 4 members (excludes halogenated alkanes) is 20. The molecule has 0 aromatic rings. The molecule has 6 heteroatoms. The van der Waals surface area contributed by atoms with Gasteiger partial charge in [0, 0.05) is 19.3 Å². The summed E-state index contributed by atoms with van der Waals surface area (Å²) in [5.74, 6) is -0.966. The predicted octanol–water partition coefficient (Wildman–Crippen LogP) is 15.9. The summed E-state index contributed by atoms with van der Waals surface area (Å²) in [4.78, 5) is 37.8. The van der Waals surface area contributed by atoms with E-state index in [2.05, 4.69) is 93.7 Å². The molecule has 0 radical (unpaired) electrons. The molecule has 0 aliphatic heterocycles. The Bertz CT molecular complexity index is 1130. The molecular weight excluding hydrogens is 733 g/mol. The maximum absolute atomic E-state index is 12.7. The van der Waals surface area contributed by atoms with Crippen molar-refractivity contribution < 1.29 is 28.6 Å². The van der Waals surface area contributed by atoms with E-state index in [1.165, 1.54) is 89.9 Å². The van der Waals surface area contributed by atoms with E-state index >= 15 is 0 Å². The second-order valence-electron chi connectivity index (χ2n) is 16.0. The van der Waals surface area contributed by atoms with Gasteiger partial charge in [0.15, 0.2) is 6.10 Å². The summed E-state index contributed by atoms with van der Waals surface area (Å²) in [7, 11) is 0. The van der Waals surface area contributed by atoms with E-state index in [0.717, 1.165) is 89.9 Å². The third-order valence-electron chi connectivity index (χ3n) is 10.2. The molecule has 0 aliphatic rings. The smallest absolute Gasteiger partial charge is 0.306 e. The Morgan fingerprint density at radius 1 is 0.356 bits per heavy atom.